The number of rotatable bonds is 10. The van der Waals surface area contributed by atoms with Crippen molar-refractivity contribution in [2.24, 2.45) is 0 Å². The summed E-state index contributed by atoms with van der Waals surface area (Å²) in [5.74, 6) is 0.159. The number of nitrogens with zero attached hydrogens (tertiary/aromatic N) is 2. The van der Waals surface area contributed by atoms with Gasteiger partial charge in [0.15, 0.2) is 11.5 Å². The molecule has 9 nitrogen and oxygen atoms in total. The van der Waals surface area contributed by atoms with Gasteiger partial charge in [0.05, 0.1) is 7.11 Å². The van der Waals surface area contributed by atoms with Crippen LogP contribution >= 0.6 is 11.6 Å². The molecule has 1 heterocycles. The normalized spacial score (nSPS) is 10.7. The molecule has 0 aliphatic carbocycles. The molecule has 0 atom stereocenters. The predicted molar refractivity (Wildman–Crippen MR) is 111 cm³/mol. The fourth-order valence-electron chi connectivity index (χ4n) is 2.65. The van der Waals surface area contributed by atoms with E-state index in [1.165, 1.54) is 19.2 Å². The molecule has 11 heteroatoms. The molecule has 0 saturated heterocycles. The Morgan fingerprint density at radius 1 is 1.19 bits per heavy atom. The van der Waals surface area contributed by atoms with Crippen LogP contribution in [0.25, 0.3) is 0 Å². The molecule has 1 aromatic heterocycles. The first kappa shape index (κ1) is 22.3. The summed E-state index contributed by atoms with van der Waals surface area (Å²) in [6, 6.07) is 9.48. The number of anilines is 1. The molecule has 4 N–H and O–H groups in total. The van der Waals surface area contributed by atoms with Gasteiger partial charge in [-0.05, 0) is 39.6 Å². The number of amides is 1. The first-order chi connectivity index (χ1) is 15.0. The number of benzene rings is 2. The van der Waals surface area contributed by atoms with E-state index in [1.807, 2.05) is 0 Å². The Morgan fingerprint density at radius 3 is 2.65 bits per heavy atom. The van der Waals surface area contributed by atoms with Crippen LogP contribution in [-0.2, 0) is 13.2 Å². The second-order valence-electron chi connectivity index (χ2n) is 6.44. The Labute approximate surface area is 182 Å². The molecule has 31 heavy (non-hydrogen) atoms. The average Bonchev–Trinajstić information content (AvgIpc) is 3.20. The number of halogens is 2. The number of carbonyl (C=O) groups excluding carboxylic acids is 1. The van der Waals surface area contributed by atoms with E-state index in [0.717, 1.165) is 11.1 Å². The fraction of sp³-hybridized carbons (Fsp3) is 0.250. The number of nitrogens with two attached hydrogens (primary N) is 1. The summed E-state index contributed by atoms with van der Waals surface area (Å²) >= 11 is 6.37. The van der Waals surface area contributed by atoms with Gasteiger partial charge >= 0.3 is 0 Å². The third-order valence-corrected chi connectivity index (χ3v) is 4.62. The minimum absolute atomic E-state index is 0.0518. The van der Waals surface area contributed by atoms with Crippen LogP contribution in [0.2, 0.25) is 5.02 Å². The molecular weight excluding hydrogens is 429 g/mol. The molecule has 0 saturated carbocycles. The number of methoxy groups -OCH3 is 1. The van der Waals surface area contributed by atoms with Crippen LogP contribution in [0.15, 0.2) is 41.0 Å². The van der Waals surface area contributed by atoms with E-state index >= 15 is 0 Å². The second kappa shape index (κ2) is 10.6. The number of nitrogen functional groups attached to an aromatic ring is 1. The van der Waals surface area contributed by atoms with Gasteiger partial charge in [0, 0.05) is 30.7 Å². The number of nitrogens with one attached hydrogen (secondary N) is 2. The van der Waals surface area contributed by atoms with Crippen LogP contribution in [-0.4, -0.2) is 36.4 Å². The molecule has 0 unspecified atom stereocenters. The molecule has 1 amide bonds. The van der Waals surface area contributed by atoms with Crippen molar-refractivity contribution in [2.75, 3.05) is 25.9 Å². The van der Waals surface area contributed by atoms with Gasteiger partial charge in [-0.3, -0.25) is 4.79 Å². The third-order valence-electron chi connectivity index (χ3n) is 4.27. The summed E-state index contributed by atoms with van der Waals surface area (Å²) in [6.45, 7) is 1.49. The highest BCUT2D eigenvalue weighted by molar-refractivity contribution is 6.31. The number of hydrogen-bond acceptors (Lipinski definition) is 8. The quantitative estimate of drug-likeness (QED) is 0.403. The number of aromatic nitrogens is 2. The number of ether oxygens (including phenoxy) is 2. The number of carbonyl (C=O) groups is 1. The zero-order chi connectivity index (χ0) is 22.2. The van der Waals surface area contributed by atoms with Crippen LogP contribution in [0, 0.1) is 5.82 Å². The van der Waals surface area contributed by atoms with E-state index in [-0.39, 0.29) is 23.9 Å². The molecule has 0 radical (unpaired) electrons. The maximum atomic E-state index is 13.0. The molecule has 0 aliphatic rings. The summed E-state index contributed by atoms with van der Waals surface area (Å²) < 4.78 is 28.6. The van der Waals surface area contributed by atoms with Gasteiger partial charge in [-0.1, -0.05) is 23.7 Å². The number of hydrogen-bond donors (Lipinski definition) is 3. The highest BCUT2D eigenvalue weighted by Gasteiger charge is 2.15. The maximum absolute atomic E-state index is 13.0. The molecule has 3 rings (SSSR count). The van der Waals surface area contributed by atoms with E-state index in [9.17, 15) is 9.18 Å². The SMILES string of the molecule is COc1cc(CNCCNC(=O)c2nonc2N)c(Cl)cc1OCc1ccc(F)cc1. The second-order valence-corrected chi connectivity index (χ2v) is 6.85. The minimum atomic E-state index is -0.470. The van der Waals surface area contributed by atoms with Crippen molar-refractivity contribution < 1.29 is 23.3 Å². The van der Waals surface area contributed by atoms with E-state index in [2.05, 4.69) is 25.6 Å². The van der Waals surface area contributed by atoms with Crippen molar-refractivity contribution in [1.82, 2.24) is 20.9 Å². The van der Waals surface area contributed by atoms with Gasteiger partial charge in [-0.2, -0.15) is 0 Å². The molecule has 0 spiro atoms. The van der Waals surface area contributed by atoms with Crippen molar-refractivity contribution in [3.63, 3.8) is 0 Å². The summed E-state index contributed by atoms with van der Waals surface area (Å²) in [4.78, 5) is 11.9. The fourth-order valence-corrected chi connectivity index (χ4v) is 2.87. The Morgan fingerprint density at radius 2 is 1.97 bits per heavy atom. The Hall–Kier alpha value is -3.37. The van der Waals surface area contributed by atoms with E-state index in [0.29, 0.717) is 36.2 Å². The van der Waals surface area contributed by atoms with Crippen molar-refractivity contribution in [3.05, 3.63) is 64.1 Å². The van der Waals surface area contributed by atoms with Crippen LogP contribution in [0.1, 0.15) is 21.6 Å². The first-order valence-electron chi connectivity index (χ1n) is 9.28. The smallest absolute Gasteiger partial charge is 0.277 e. The summed E-state index contributed by atoms with van der Waals surface area (Å²) in [5, 5.41) is 13.1. The molecule has 0 aliphatic heterocycles. The lowest BCUT2D eigenvalue weighted by atomic mass is 10.2. The molecule has 3 aromatic rings. The maximum Gasteiger partial charge on any atom is 0.277 e. The highest BCUT2D eigenvalue weighted by atomic mass is 35.5. The van der Waals surface area contributed by atoms with Gasteiger partial charge in [-0.25, -0.2) is 9.02 Å². The monoisotopic (exact) mass is 449 g/mol. The highest BCUT2D eigenvalue weighted by Crippen LogP contribution is 2.34. The van der Waals surface area contributed by atoms with Crippen molar-refractivity contribution in [2.45, 2.75) is 13.2 Å². The van der Waals surface area contributed by atoms with Crippen LogP contribution in [0.4, 0.5) is 10.2 Å². The summed E-state index contributed by atoms with van der Waals surface area (Å²) in [7, 11) is 1.53. The van der Waals surface area contributed by atoms with Gasteiger partial charge in [0.25, 0.3) is 5.91 Å². The molecule has 0 fully saturated rings. The Kier molecular flexibility index (Phi) is 7.63. The van der Waals surface area contributed by atoms with Crippen LogP contribution < -0.4 is 25.8 Å². The summed E-state index contributed by atoms with van der Waals surface area (Å²) in [6.07, 6.45) is 0. The average molecular weight is 450 g/mol. The standard InChI is InChI=1S/C20H21ClFN5O4/c1-29-16-8-13(10-24-6-7-25-20(28)18-19(23)27-31-26-18)15(21)9-17(16)30-11-12-2-4-14(22)5-3-12/h2-5,8-9,24H,6-7,10-11H2,1H3,(H2,23,27)(H,25,28). The lowest BCUT2D eigenvalue weighted by Gasteiger charge is -2.14. The zero-order valence-electron chi connectivity index (χ0n) is 16.7. The van der Waals surface area contributed by atoms with Gasteiger partial charge < -0.3 is 25.8 Å². The first-order valence-corrected chi connectivity index (χ1v) is 9.66. The van der Waals surface area contributed by atoms with Gasteiger partial charge in [0.1, 0.15) is 12.4 Å². The van der Waals surface area contributed by atoms with Crippen molar-refractivity contribution in [1.29, 1.82) is 0 Å². The topological polar surface area (TPSA) is 125 Å². The molecule has 2 aromatic carbocycles. The van der Waals surface area contributed by atoms with Crippen LogP contribution in [0.5, 0.6) is 11.5 Å². The minimum Gasteiger partial charge on any atom is -0.493 e. The summed E-state index contributed by atoms with van der Waals surface area (Å²) in [5.41, 5.74) is 7.03. The van der Waals surface area contributed by atoms with Gasteiger partial charge in [-0.15, -0.1) is 0 Å². The molecular formula is C20H21ClFN5O4. The lowest BCUT2D eigenvalue weighted by molar-refractivity contribution is 0.0944. The Balaban J connectivity index is 1.50. The third kappa shape index (κ3) is 6.06. The zero-order valence-corrected chi connectivity index (χ0v) is 17.4. The van der Waals surface area contributed by atoms with E-state index in [1.54, 1.807) is 24.3 Å². The van der Waals surface area contributed by atoms with Crippen LogP contribution in [0.3, 0.4) is 0 Å². The predicted octanol–water partition coefficient (Wildman–Crippen LogP) is 2.55. The van der Waals surface area contributed by atoms with E-state index in [4.69, 9.17) is 26.8 Å². The largest absolute Gasteiger partial charge is 0.493 e. The molecule has 0 bridgehead atoms. The van der Waals surface area contributed by atoms with E-state index < -0.39 is 5.91 Å². The van der Waals surface area contributed by atoms with Crippen molar-refractivity contribution in [3.8, 4) is 11.5 Å². The lowest BCUT2D eigenvalue weighted by Crippen LogP contribution is -2.32. The van der Waals surface area contributed by atoms with Gasteiger partial charge in [0.2, 0.25) is 11.5 Å². The molecule has 164 valence electrons. The Bertz CT molecular complexity index is 1030. The van der Waals surface area contributed by atoms with Crippen molar-refractivity contribution >= 4 is 23.3 Å².